The summed E-state index contributed by atoms with van der Waals surface area (Å²) < 4.78 is 6.15. The summed E-state index contributed by atoms with van der Waals surface area (Å²) in [7, 11) is 0. The number of ether oxygens (including phenoxy) is 1. The van der Waals surface area contributed by atoms with E-state index in [0.717, 1.165) is 12.2 Å². The predicted molar refractivity (Wildman–Crippen MR) is 83.9 cm³/mol. The van der Waals surface area contributed by atoms with Gasteiger partial charge >= 0.3 is 0 Å². The van der Waals surface area contributed by atoms with Gasteiger partial charge in [-0.2, -0.15) is 0 Å². The third kappa shape index (κ3) is 5.67. The molecule has 0 aliphatic carbocycles. The standard InChI is InChI=1S/C18H30O/c1-8-14(2)15-9-11-16(12-10-15)19-18(6,7)13-17(3,4)5/h9-12,14H,8,13H2,1-7H3. The van der Waals surface area contributed by atoms with Crippen LogP contribution in [-0.4, -0.2) is 5.60 Å². The Morgan fingerprint density at radius 1 is 1.00 bits per heavy atom. The second kappa shape index (κ2) is 5.98. The topological polar surface area (TPSA) is 9.23 Å². The molecule has 1 unspecified atom stereocenters. The van der Waals surface area contributed by atoms with Crippen molar-refractivity contribution in [3.05, 3.63) is 29.8 Å². The summed E-state index contributed by atoms with van der Waals surface area (Å²) in [6, 6.07) is 8.59. The van der Waals surface area contributed by atoms with Crippen molar-refractivity contribution in [2.24, 2.45) is 5.41 Å². The minimum atomic E-state index is -0.129. The zero-order chi connectivity index (χ0) is 14.7. The van der Waals surface area contributed by atoms with Crippen LogP contribution in [0.25, 0.3) is 0 Å². The Kier molecular flexibility index (Phi) is 5.06. The molecular weight excluding hydrogens is 232 g/mol. The first-order valence-electron chi connectivity index (χ1n) is 7.42. The first-order chi connectivity index (χ1) is 8.63. The Morgan fingerprint density at radius 3 is 1.95 bits per heavy atom. The Balaban J connectivity index is 2.72. The monoisotopic (exact) mass is 262 g/mol. The molecule has 0 aliphatic heterocycles. The van der Waals surface area contributed by atoms with Crippen LogP contribution in [0.1, 0.15) is 72.8 Å². The van der Waals surface area contributed by atoms with Crippen LogP contribution in [0.5, 0.6) is 5.75 Å². The highest BCUT2D eigenvalue weighted by atomic mass is 16.5. The summed E-state index contributed by atoms with van der Waals surface area (Å²) in [6.45, 7) is 15.6. The van der Waals surface area contributed by atoms with Crippen LogP contribution in [0.3, 0.4) is 0 Å². The van der Waals surface area contributed by atoms with Crippen LogP contribution in [0.15, 0.2) is 24.3 Å². The van der Waals surface area contributed by atoms with E-state index in [2.05, 4.69) is 72.7 Å². The molecule has 0 radical (unpaired) electrons. The average molecular weight is 262 g/mol. The Morgan fingerprint density at radius 2 is 1.53 bits per heavy atom. The molecule has 1 aromatic carbocycles. The molecule has 0 aliphatic rings. The molecule has 0 aromatic heterocycles. The zero-order valence-electron chi connectivity index (χ0n) is 13.7. The number of hydrogen-bond donors (Lipinski definition) is 0. The predicted octanol–water partition coefficient (Wildman–Crippen LogP) is 5.79. The van der Waals surface area contributed by atoms with Crippen LogP contribution < -0.4 is 4.74 Å². The van der Waals surface area contributed by atoms with Gasteiger partial charge in [0.1, 0.15) is 11.4 Å². The fraction of sp³-hybridized carbons (Fsp3) is 0.667. The van der Waals surface area contributed by atoms with E-state index in [1.807, 2.05) is 0 Å². The fourth-order valence-electron chi connectivity index (χ4n) is 2.73. The van der Waals surface area contributed by atoms with Crippen molar-refractivity contribution in [1.82, 2.24) is 0 Å². The molecular formula is C18H30O. The van der Waals surface area contributed by atoms with Crippen LogP contribution in [-0.2, 0) is 0 Å². The molecule has 1 heteroatoms. The van der Waals surface area contributed by atoms with Crippen LogP contribution >= 0.6 is 0 Å². The molecule has 19 heavy (non-hydrogen) atoms. The third-order valence-electron chi connectivity index (χ3n) is 3.41. The molecule has 108 valence electrons. The molecule has 0 fully saturated rings. The fourth-order valence-corrected chi connectivity index (χ4v) is 2.73. The normalized spacial score (nSPS) is 14.3. The molecule has 1 atom stereocenters. The SMILES string of the molecule is CCC(C)c1ccc(OC(C)(C)CC(C)(C)C)cc1. The van der Waals surface area contributed by atoms with Gasteiger partial charge in [0.05, 0.1) is 0 Å². The van der Waals surface area contributed by atoms with Crippen molar-refractivity contribution in [3.8, 4) is 5.75 Å². The summed E-state index contributed by atoms with van der Waals surface area (Å²) in [4.78, 5) is 0. The maximum Gasteiger partial charge on any atom is 0.120 e. The van der Waals surface area contributed by atoms with Gasteiger partial charge in [0, 0.05) is 0 Å². The summed E-state index contributed by atoms with van der Waals surface area (Å²) in [5.41, 5.74) is 1.54. The quantitative estimate of drug-likeness (QED) is 0.652. The van der Waals surface area contributed by atoms with E-state index in [-0.39, 0.29) is 11.0 Å². The van der Waals surface area contributed by atoms with Crippen molar-refractivity contribution in [2.75, 3.05) is 0 Å². The van der Waals surface area contributed by atoms with Crippen molar-refractivity contribution in [2.45, 2.75) is 72.8 Å². The van der Waals surface area contributed by atoms with E-state index in [4.69, 9.17) is 4.74 Å². The lowest BCUT2D eigenvalue weighted by Crippen LogP contribution is -2.33. The van der Waals surface area contributed by atoms with Gasteiger partial charge in [0.2, 0.25) is 0 Å². The van der Waals surface area contributed by atoms with Crippen molar-refractivity contribution < 1.29 is 4.74 Å². The van der Waals surface area contributed by atoms with E-state index in [9.17, 15) is 0 Å². The summed E-state index contributed by atoms with van der Waals surface area (Å²) in [5, 5.41) is 0. The Labute approximate surface area is 119 Å². The summed E-state index contributed by atoms with van der Waals surface area (Å²) in [5.74, 6) is 1.60. The molecule has 1 aromatic rings. The van der Waals surface area contributed by atoms with Gasteiger partial charge in [-0.1, -0.05) is 46.8 Å². The van der Waals surface area contributed by atoms with Gasteiger partial charge in [-0.05, 0) is 55.7 Å². The Hall–Kier alpha value is -0.980. The highest BCUT2D eigenvalue weighted by Gasteiger charge is 2.27. The number of benzene rings is 1. The minimum absolute atomic E-state index is 0.129. The molecule has 0 amide bonds. The second-order valence-corrected chi connectivity index (χ2v) is 7.48. The number of hydrogen-bond acceptors (Lipinski definition) is 1. The number of rotatable bonds is 5. The van der Waals surface area contributed by atoms with Crippen LogP contribution in [0.2, 0.25) is 0 Å². The molecule has 0 spiro atoms. The van der Waals surface area contributed by atoms with E-state index in [1.165, 1.54) is 12.0 Å². The highest BCUT2D eigenvalue weighted by molar-refractivity contribution is 5.29. The summed E-state index contributed by atoms with van der Waals surface area (Å²) >= 11 is 0. The van der Waals surface area contributed by atoms with E-state index in [1.54, 1.807) is 0 Å². The van der Waals surface area contributed by atoms with Gasteiger partial charge in [0.25, 0.3) is 0 Å². The van der Waals surface area contributed by atoms with Gasteiger partial charge in [-0.3, -0.25) is 0 Å². The minimum Gasteiger partial charge on any atom is -0.488 e. The lowest BCUT2D eigenvalue weighted by molar-refractivity contribution is 0.0622. The van der Waals surface area contributed by atoms with Gasteiger partial charge in [-0.25, -0.2) is 0 Å². The van der Waals surface area contributed by atoms with E-state index >= 15 is 0 Å². The molecule has 1 nitrogen and oxygen atoms in total. The largest absolute Gasteiger partial charge is 0.488 e. The highest BCUT2D eigenvalue weighted by Crippen LogP contribution is 2.31. The van der Waals surface area contributed by atoms with Crippen molar-refractivity contribution in [1.29, 1.82) is 0 Å². The molecule has 0 bridgehead atoms. The van der Waals surface area contributed by atoms with Gasteiger partial charge in [0.15, 0.2) is 0 Å². The van der Waals surface area contributed by atoms with Crippen molar-refractivity contribution >= 4 is 0 Å². The maximum absolute atomic E-state index is 6.15. The maximum atomic E-state index is 6.15. The molecule has 0 heterocycles. The van der Waals surface area contributed by atoms with Crippen LogP contribution in [0, 0.1) is 5.41 Å². The van der Waals surface area contributed by atoms with E-state index < -0.39 is 0 Å². The molecule has 0 N–H and O–H groups in total. The van der Waals surface area contributed by atoms with Gasteiger partial charge in [-0.15, -0.1) is 0 Å². The van der Waals surface area contributed by atoms with E-state index in [0.29, 0.717) is 5.92 Å². The first kappa shape index (κ1) is 16.1. The van der Waals surface area contributed by atoms with Gasteiger partial charge < -0.3 is 4.74 Å². The summed E-state index contributed by atoms with van der Waals surface area (Å²) in [6.07, 6.45) is 2.21. The lowest BCUT2D eigenvalue weighted by Gasteiger charge is -2.33. The molecule has 0 saturated heterocycles. The molecule has 1 rings (SSSR count). The smallest absolute Gasteiger partial charge is 0.120 e. The third-order valence-corrected chi connectivity index (χ3v) is 3.41. The Bertz CT molecular complexity index is 381. The lowest BCUT2D eigenvalue weighted by atomic mass is 9.83. The first-order valence-corrected chi connectivity index (χ1v) is 7.42. The zero-order valence-corrected chi connectivity index (χ0v) is 13.7. The molecule has 0 saturated carbocycles. The van der Waals surface area contributed by atoms with Crippen LogP contribution in [0.4, 0.5) is 0 Å². The van der Waals surface area contributed by atoms with Crippen molar-refractivity contribution in [3.63, 3.8) is 0 Å². The average Bonchev–Trinajstić information content (AvgIpc) is 2.25. The second-order valence-electron chi connectivity index (χ2n) is 7.48.